The molecule has 0 amide bonds. The summed E-state index contributed by atoms with van der Waals surface area (Å²) in [5.41, 5.74) is 9.53. The maximum atomic E-state index is 13.6. The number of aromatic nitrogens is 2. The minimum absolute atomic E-state index is 0.240. The van der Waals surface area contributed by atoms with Crippen molar-refractivity contribution >= 4 is 22.8 Å². The van der Waals surface area contributed by atoms with Gasteiger partial charge >= 0.3 is 0 Å². The Morgan fingerprint density at radius 1 is 1.24 bits per heavy atom. The van der Waals surface area contributed by atoms with E-state index in [0.717, 1.165) is 26.6 Å². The quantitative estimate of drug-likeness (QED) is 0.773. The first-order valence-corrected chi connectivity index (χ1v) is 7.59. The molecule has 2 aromatic carbocycles. The third kappa shape index (κ3) is 3.25. The van der Waals surface area contributed by atoms with Crippen LogP contribution in [0.2, 0.25) is 0 Å². The molecule has 0 unspecified atom stereocenters. The van der Waals surface area contributed by atoms with E-state index in [2.05, 4.69) is 16.0 Å². The molecule has 0 aliphatic rings. The number of aryl methyl sites for hydroxylation is 1. The van der Waals surface area contributed by atoms with Crippen LogP contribution in [0.1, 0.15) is 11.1 Å². The first-order chi connectivity index (χ1) is 10.1. The second kappa shape index (κ2) is 5.87. The van der Waals surface area contributed by atoms with Crippen molar-refractivity contribution in [3.05, 3.63) is 53.3 Å². The number of aromatic amines is 1. The number of rotatable bonds is 4. The van der Waals surface area contributed by atoms with Gasteiger partial charge in [0.15, 0.2) is 5.16 Å². The predicted octanol–water partition coefficient (Wildman–Crippen LogP) is 3.66. The van der Waals surface area contributed by atoms with E-state index >= 15 is 0 Å². The van der Waals surface area contributed by atoms with Crippen molar-refractivity contribution in [3.8, 4) is 0 Å². The summed E-state index contributed by atoms with van der Waals surface area (Å²) in [5, 5.41) is 0.764. The molecule has 0 saturated carbocycles. The molecule has 0 atom stereocenters. The molecular formula is C16H16FN3S. The van der Waals surface area contributed by atoms with Gasteiger partial charge in [-0.3, -0.25) is 0 Å². The maximum Gasteiger partial charge on any atom is 0.171 e. The van der Waals surface area contributed by atoms with E-state index in [-0.39, 0.29) is 5.82 Å². The molecule has 0 saturated heterocycles. The fraction of sp³-hybridized carbons (Fsp3) is 0.188. The van der Waals surface area contributed by atoms with Crippen LogP contribution in [0.15, 0.2) is 46.5 Å². The average molecular weight is 301 g/mol. The zero-order valence-electron chi connectivity index (χ0n) is 11.7. The van der Waals surface area contributed by atoms with Gasteiger partial charge in [0.1, 0.15) is 5.82 Å². The smallest absolute Gasteiger partial charge is 0.171 e. The van der Waals surface area contributed by atoms with Gasteiger partial charge in [0.2, 0.25) is 0 Å². The number of halogens is 1. The summed E-state index contributed by atoms with van der Waals surface area (Å²) in [6.45, 7) is 2.55. The third-order valence-electron chi connectivity index (χ3n) is 3.19. The van der Waals surface area contributed by atoms with Crippen molar-refractivity contribution in [2.75, 3.05) is 6.54 Å². The molecule has 3 nitrogen and oxygen atoms in total. The molecule has 1 heterocycles. The summed E-state index contributed by atoms with van der Waals surface area (Å²) < 4.78 is 13.6. The summed E-state index contributed by atoms with van der Waals surface area (Å²) in [7, 11) is 0. The van der Waals surface area contributed by atoms with E-state index in [1.807, 2.05) is 25.1 Å². The molecule has 0 bridgehead atoms. The Kier molecular flexibility index (Phi) is 3.94. The van der Waals surface area contributed by atoms with Crippen molar-refractivity contribution in [2.45, 2.75) is 23.4 Å². The summed E-state index contributed by atoms with van der Waals surface area (Å²) in [4.78, 5) is 8.60. The summed E-state index contributed by atoms with van der Waals surface area (Å²) in [5.74, 6) is -0.240. The highest BCUT2D eigenvalue weighted by atomic mass is 32.2. The van der Waals surface area contributed by atoms with Gasteiger partial charge < -0.3 is 10.7 Å². The highest BCUT2D eigenvalue weighted by Gasteiger charge is 2.07. The lowest BCUT2D eigenvalue weighted by Gasteiger charge is -2.03. The SMILES string of the molecule is Cc1ccc2nc(Sc3cc(F)cc(CCN)c3)[nH]c2c1. The van der Waals surface area contributed by atoms with Gasteiger partial charge in [0.25, 0.3) is 0 Å². The number of benzene rings is 2. The van der Waals surface area contributed by atoms with E-state index < -0.39 is 0 Å². The van der Waals surface area contributed by atoms with Crippen molar-refractivity contribution in [1.29, 1.82) is 0 Å². The Bertz CT molecular complexity index is 782. The van der Waals surface area contributed by atoms with Gasteiger partial charge in [-0.15, -0.1) is 0 Å². The Morgan fingerprint density at radius 3 is 2.90 bits per heavy atom. The molecular weight excluding hydrogens is 285 g/mol. The van der Waals surface area contributed by atoms with Gasteiger partial charge in [0.05, 0.1) is 11.0 Å². The molecule has 0 spiro atoms. The van der Waals surface area contributed by atoms with Gasteiger partial charge in [0, 0.05) is 4.90 Å². The second-order valence-electron chi connectivity index (χ2n) is 5.00. The standard InChI is InChI=1S/C16H16FN3S/c1-10-2-3-14-15(6-10)20-16(19-14)21-13-8-11(4-5-18)7-12(17)9-13/h2-3,6-9H,4-5,18H2,1H3,(H,19,20). The lowest BCUT2D eigenvalue weighted by molar-refractivity contribution is 0.621. The highest BCUT2D eigenvalue weighted by molar-refractivity contribution is 7.99. The van der Waals surface area contributed by atoms with Crippen LogP contribution in [0, 0.1) is 12.7 Å². The fourth-order valence-corrected chi connectivity index (χ4v) is 3.16. The molecule has 0 aliphatic carbocycles. The summed E-state index contributed by atoms with van der Waals surface area (Å²) >= 11 is 1.43. The van der Waals surface area contributed by atoms with Gasteiger partial charge in [-0.05, 0) is 61.3 Å². The van der Waals surface area contributed by atoms with Crippen molar-refractivity contribution in [1.82, 2.24) is 9.97 Å². The molecule has 3 N–H and O–H groups in total. The van der Waals surface area contributed by atoms with Gasteiger partial charge in [-0.25, -0.2) is 9.37 Å². The lowest BCUT2D eigenvalue weighted by Crippen LogP contribution is -2.03. The van der Waals surface area contributed by atoms with Crippen molar-refractivity contribution < 1.29 is 4.39 Å². The largest absolute Gasteiger partial charge is 0.333 e. The summed E-state index contributed by atoms with van der Waals surface area (Å²) in [6.07, 6.45) is 0.671. The topological polar surface area (TPSA) is 54.7 Å². The van der Waals surface area contributed by atoms with E-state index in [1.165, 1.54) is 29.5 Å². The normalized spacial score (nSPS) is 11.2. The van der Waals surface area contributed by atoms with Crippen LogP contribution >= 0.6 is 11.8 Å². The number of fused-ring (bicyclic) bond motifs is 1. The van der Waals surface area contributed by atoms with Crippen LogP contribution in [0.5, 0.6) is 0 Å². The molecule has 0 radical (unpaired) electrons. The molecule has 3 rings (SSSR count). The molecule has 3 aromatic rings. The number of H-pyrrole nitrogens is 1. The van der Waals surface area contributed by atoms with Crippen LogP contribution in [-0.2, 0) is 6.42 Å². The number of imidazole rings is 1. The molecule has 0 fully saturated rings. The average Bonchev–Trinajstić information content (AvgIpc) is 2.79. The van der Waals surface area contributed by atoms with Gasteiger partial charge in [-0.2, -0.15) is 0 Å². The summed E-state index contributed by atoms with van der Waals surface area (Å²) in [6, 6.07) is 11.1. The molecule has 5 heteroatoms. The number of nitrogens with one attached hydrogen (secondary N) is 1. The fourth-order valence-electron chi connectivity index (χ4n) is 2.25. The monoisotopic (exact) mass is 301 g/mol. The third-order valence-corrected chi connectivity index (χ3v) is 4.05. The van der Waals surface area contributed by atoms with Gasteiger partial charge in [-0.1, -0.05) is 17.8 Å². The van der Waals surface area contributed by atoms with Crippen LogP contribution < -0.4 is 5.73 Å². The minimum Gasteiger partial charge on any atom is -0.333 e. The lowest BCUT2D eigenvalue weighted by atomic mass is 10.1. The molecule has 108 valence electrons. The molecule has 0 aliphatic heterocycles. The predicted molar refractivity (Wildman–Crippen MR) is 84.1 cm³/mol. The first kappa shape index (κ1) is 14.1. The Labute approximate surface area is 126 Å². The minimum atomic E-state index is -0.240. The maximum absolute atomic E-state index is 13.6. The zero-order chi connectivity index (χ0) is 14.8. The second-order valence-corrected chi connectivity index (χ2v) is 6.06. The van der Waals surface area contributed by atoms with E-state index in [1.54, 1.807) is 0 Å². The Hall–Kier alpha value is -1.85. The van der Waals surface area contributed by atoms with Crippen LogP contribution in [0.4, 0.5) is 4.39 Å². The van der Waals surface area contributed by atoms with Crippen LogP contribution in [0.25, 0.3) is 11.0 Å². The Balaban J connectivity index is 1.90. The highest BCUT2D eigenvalue weighted by Crippen LogP contribution is 2.29. The van der Waals surface area contributed by atoms with Crippen LogP contribution in [-0.4, -0.2) is 16.5 Å². The van der Waals surface area contributed by atoms with Crippen LogP contribution in [0.3, 0.4) is 0 Å². The Morgan fingerprint density at radius 2 is 2.10 bits per heavy atom. The number of hydrogen-bond acceptors (Lipinski definition) is 3. The van der Waals surface area contributed by atoms with Crippen molar-refractivity contribution in [3.63, 3.8) is 0 Å². The van der Waals surface area contributed by atoms with E-state index in [4.69, 9.17) is 5.73 Å². The number of nitrogens with zero attached hydrogens (tertiary/aromatic N) is 1. The molecule has 1 aromatic heterocycles. The van der Waals surface area contributed by atoms with E-state index in [9.17, 15) is 4.39 Å². The van der Waals surface area contributed by atoms with Crippen molar-refractivity contribution in [2.24, 2.45) is 5.73 Å². The zero-order valence-corrected chi connectivity index (χ0v) is 12.5. The van der Waals surface area contributed by atoms with E-state index in [0.29, 0.717) is 13.0 Å². The first-order valence-electron chi connectivity index (χ1n) is 6.78. The number of nitrogens with two attached hydrogens (primary N) is 1. The number of hydrogen-bond donors (Lipinski definition) is 2. The molecule has 21 heavy (non-hydrogen) atoms.